The quantitative estimate of drug-likeness (QED) is 0.377. The summed E-state index contributed by atoms with van der Waals surface area (Å²) >= 11 is 0. The van der Waals surface area contributed by atoms with Gasteiger partial charge in [-0.2, -0.15) is 0 Å². The van der Waals surface area contributed by atoms with E-state index in [4.69, 9.17) is 9.47 Å². The third-order valence-corrected chi connectivity index (χ3v) is 7.05. The lowest BCUT2D eigenvalue weighted by Gasteiger charge is -2.37. The van der Waals surface area contributed by atoms with Gasteiger partial charge in [0.1, 0.15) is 17.9 Å². The van der Waals surface area contributed by atoms with Crippen molar-refractivity contribution in [2.45, 2.75) is 43.8 Å². The van der Waals surface area contributed by atoms with E-state index >= 15 is 0 Å². The Balaban J connectivity index is 1.53. The fourth-order valence-corrected chi connectivity index (χ4v) is 5.02. The molecule has 1 aliphatic heterocycles. The molecule has 3 aromatic carbocycles. The summed E-state index contributed by atoms with van der Waals surface area (Å²) in [5, 5.41) is 11.3. The Morgan fingerprint density at radius 3 is 1.92 bits per heavy atom. The molecule has 2 heterocycles. The molecule has 37 heavy (non-hydrogen) atoms. The first-order valence-corrected chi connectivity index (χ1v) is 12.3. The van der Waals surface area contributed by atoms with E-state index in [2.05, 4.69) is 4.98 Å². The maximum absolute atomic E-state index is 12.5. The number of ether oxygens (including phenoxy) is 2. The third-order valence-electron chi connectivity index (χ3n) is 7.05. The molecule has 0 aliphatic carbocycles. The van der Waals surface area contributed by atoms with Crippen LogP contribution in [0.3, 0.4) is 0 Å². The number of H-pyrrole nitrogens is 1. The van der Waals surface area contributed by atoms with Crippen LogP contribution in [0.1, 0.15) is 41.8 Å². The lowest BCUT2D eigenvalue weighted by Crippen LogP contribution is -2.42. The van der Waals surface area contributed by atoms with Crippen LogP contribution >= 0.6 is 0 Å². The predicted octanol–water partition coefficient (Wildman–Crippen LogP) is 3.89. The number of aryl methyl sites for hydroxylation is 1. The topological polar surface area (TPSA) is 93.6 Å². The van der Waals surface area contributed by atoms with Crippen LogP contribution in [0.25, 0.3) is 0 Å². The lowest BCUT2D eigenvalue weighted by atomic mass is 9.80. The summed E-state index contributed by atoms with van der Waals surface area (Å²) in [7, 11) is 0. The van der Waals surface area contributed by atoms with Gasteiger partial charge >= 0.3 is 5.69 Å². The van der Waals surface area contributed by atoms with Crippen molar-refractivity contribution >= 4 is 0 Å². The summed E-state index contributed by atoms with van der Waals surface area (Å²) in [6, 6.07) is 29.9. The third kappa shape index (κ3) is 4.69. The first kappa shape index (κ1) is 24.9. The summed E-state index contributed by atoms with van der Waals surface area (Å²) < 4.78 is 14.4. The molecule has 7 heteroatoms. The largest absolute Gasteiger partial charge is 0.387 e. The number of aliphatic hydroxyl groups is 1. The first-order valence-electron chi connectivity index (χ1n) is 12.3. The molecule has 1 aromatic heterocycles. The number of hydrogen-bond acceptors (Lipinski definition) is 5. The molecule has 1 aliphatic rings. The zero-order valence-electron chi connectivity index (χ0n) is 20.8. The summed E-state index contributed by atoms with van der Waals surface area (Å²) in [5.74, 6) is 0. The van der Waals surface area contributed by atoms with Crippen molar-refractivity contribution in [3.8, 4) is 0 Å². The summed E-state index contributed by atoms with van der Waals surface area (Å²) in [5.41, 5.74) is -0.0538. The number of aromatic nitrogens is 2. The Hall–Kier alpha value is -3.78. The predicted molar refractivity (Wildman–Crippen MR) is 140 cm³/mol. The molecule has 0 amide bonds. The SMILES string of the molecule is Cc1cn([C@H]2C[C@@](C)(O)[C@@H](COC(c3ccccc3)(c3ccccc3)c3ccccc3)O2)c(=O)[nH]c1=O. The molecule has 0 bridgehead atoms. The molecule has 0 unspecified atom stereocenters. The van der Waals surface area contributed by atoms with Crippen LogP contribution in [0, 0.1) is 6.92 Å². The van der Waals surface area contributed by atoms with E-state index in [1.807, 2.05) is 91.0 Å². The second kappa shape index (κ2) is 9.94. The molecule has 0 radical (unpaired) electrons. The molecular formula is C30H30N2O5. The maximum atomic E-state index is 12.5. The molecule has 190 valence electrons. The van der Waals surface area contributed by atoms with Gasteiger partial charge < -0.3 is 14.6 Å². The van der Waals surface area contributed by atoms with Crippen LogP contribution in [0.2, 0.25) is 0 Å². The van der Waals surface area contributed by atoms with Gasteiger partial charge in [0.15, 0.2) is 0 Å². The molecule has 0 spiro atoms. The number of hydrogen-bond donors (Lipinski definition) is 2. The van der Waals surface area contributed by atoms with Gasteiger partial charge in [-0.3, -0.25) is 14.3 Å². The van der Waals surface area contributed by atoms with E-state index < -0.39 is 34.8 Å². The number of nitrogens with one attached hydrogen (secondary N) is 1. The minimum absolute atomic E-state index is 0.0548. The van der Waals surface area contributed by atoms with E-state index in [9.17, 15) is 14.7 Å². The van der Waals surface area contributed by atoms with Crippen LogP contribution in [-0.2, 0) is 15.1 Å². The molecular weight excluding hydrogens is 468 g/mol. The number of aromatic amines is 1. The monoisotopic (exact) mass is 498 g/mol. The first-order chi connectivity index (χ1) is 17.8. The molecule has 4 aromatic rings. The Bertz CT molecular complexity index is 1370. The maximum Gasteiger partial charge on any atom is 0.330 e. The molecule has 3 atom stereocenters. The van der Waals surface area contributed by atoms with Crippen LogP contribution in [-0.4, -0.2) is 33.0 Å². The van der Waals surface area contributed by atoms with Crippen molar-refractivity contribution in [3.05, 3.63) is 140 Å². The minimum Gasteiger partial charge on any atom is -0.387 e. The van der Waals surface area contributed by atoms with Gasteiger partial charge in [-0.1, -0.05) is 91.0 Å². The highest BCUT2D eigenvalue weighted by atomic mass is 16.6. The molecule has 1 fully saturated rings. The van der Waals surface area contributed by atoms with Crippen LogP contribution in [0.4, 0.5) is 0 Å². The van der Waals surface area contributed by atoms with E-state index in [1.54, 1.807) is 13.8 Å². The average molecular weight is 499 g/mol. The van der Waals surface area contributed by atoms with Gasteiger partial charge in [0, 0.05) is 18.2 Å². The molecule has 0 saturated carbocycles. The van der Waals surface area contributed by atoms with Crippen molar-refractivity contribution in [1.82, 2.24) is 9.55 Å². The summed E-state index contributed by atoms with van der Waals surface area (Å²) in [6.45, 7) is 3.36. The minimum atomic E-state index is -1.27. The van der Waals surface area contributed by atoms with Crippen molar-refractivity contribution in [3.63, 3.8) is 0 Å². The van der Waals surface area contributed by atoms with Gasteiger partial charge in [-0.25, -0.2) is 4.79 Å². The highest BCUT2D eigenvalue weighted by Crippen LogP contribution is 2.43. The van der Waals surface area contributed by atoms with Crippen molar-refractivity contribution in [2.75, 3.05) is 6.61 Å². The van der Waals surface area contributed by atoms with Gasteiger partial charge in [-0.15, -0.1) is 0 Å². The second-order valence-corrected chi connectivity index (χ2v) is 9.71. The fourth-order valence-electron chi connectivity index (χ4n) is 5.02. The van der Waals surface area contributed by atoms with E-state index in [1.165, 1.54) is 10.8 Å². The Labute approximate surface area is 215 Å². The lowest BCUT2D eigenvalue weighted by molar-refractivity contribution is -0.116. The molecule has 7 nitrogen and oxygen atoms in total. The average Bonchev–Trinajstić information content (AvgIpc) is 3.22. The van der Waals surface area contributed by atoms with Crippen LogP contribution in [0.15, 0.2) is 107 Å². The van der Waals surface area contributed by atoms with Crippen molar-refractivity contribution in [1.29, 1.82) is 0 Å². The van der Waals surface area contributed by atoms with Crippen LogP contribution in [0.5, 0.6) is 0 Å². The summed E-state index contributed by atoms with van der Waals surface area (Å²) in [4.78, 5) is 26.6. The highest BCUT2D eigenvalue weighted by Gasteiger charge is 2.47. The Morgan fingerprint density at radius 1 is 0.946 bits per heavy atom. The fraction of sp³-hybridized carbons (Fsp3) is 0.267. The second-order valence-electron chi connectivity index (χ2n) is 9.71. The zero-order valence-corrected chi connectivity index (χ0v) is 20.8. The van der Waals surface area contributed by atoms with Crippen molar-refractivity contribution in [2.24, 2.45) is 0 Å². The molecule has 1 saturated heterocycles. The number of rotatable bonds is 7. The van der Waals surface area contributed by atoms with Crippen molar-refractivity contribution < 1.29 is 14.6 Å². The normalized spacial score (nSPS) is 21.7. The molecule has 5 rings (SSSR count). The van der Waals surface area contributed by atoms with Gasteiger partial charge in [0.25, 0.3) is 5.56 Å². The smallest absolute Gasteiger partial charge is 0.330 e. The van der Waals surface area contributed by atoms with Crippen LogP contribution < -0.4 is 11.2 Å². The van der Waals surface area contributed by atoms with E-state index in [0.717, 1.165) is 16.7 Å². The standard InChI is InChI=1S/C30H30N2O5/c1-21-19-32(28(34)31-27(21)33)26-18-29(2,35)25(37-26)20-36-30(22-12-6-3-7-13-22,23-14-8-4-9-15-23)24-16-10-5-11-17-24/h3-17,19,25-26,35H,18,20H2,1-2H3,(H,31,33,34)/t25-,26-,29-/m1/s1. The summed E-state index contributed by atoms with van der Waals surface area (Å²) in [6.07, 6.45) is 0.160. The highest BCUT2D eigenvalue weighted by molar-refractivity contribution is 5.47. The zero-order chi connectivity index (χ0) is 26.0. The van der Waals surface area contributed by atoms with E-state index in [-0.39, 0.29) is 13.0 Å². The number of benzene rings is 3. The van der Waals surface area contributed by atoms with Gasteiger partial charge in [-0.05, 0) is 30.5 Å². The van der Waals surface area contributed by atoms with Gasteiger partial charge in [0.05, 0.1) is 12.2 Å². The molecule has 2 N–H and O–H groups in total. The van der Waals surface area contributed by atoms with E-state index in [0.29, 0.717) is 5.56 Å². The Kier molecular flexibility index (Phi) is 6.69. The van der Waals surface area contributed by atoms with Gasteiger partial charge in [0.2, 0.25) is 0 Å². The Morgan fingerprint density at radius 2 is 1.43 bits per heavy atom. The number of nitrogens with zero attached hydrogens (tertiary/aromatic N) is 1.